The highest BCUT2D eigenvalue weighted by atomic mass is 32.2. The molecule has 30 heavy (non-hydrogen) atoms. The number of benzene rings is 1. The van der Waals surface area contributed by atoms with Crippen molar-refractivity contribution in [1.82, 2.24) is 14.8 Å². The van der Waals surface area contributed by atoms with Crippen LogP contribution in [0.25, 0.3) is 11.3 Å². The van der Waals surface area contributed by atoms with E-state index in [2.05, 4.69) is 4.90 Å². The Morgan fingerprint density at radius 1 is 1.13 bits per heavy atom. The summed E-state index contributed by atoms with van der Waals surface area (Å²) in [7, 11) is -3.96. The van der Waals surface area contributed by atoms with Gasteiger partial charge in [-0.05, 0) is 0 Å². The molecule has 11 heteroatoms. The minimum absolute atomic E-state index is 0.0227. The number of amides is 1. The molecule has 0 aliphatic carbocycles. The molecule has 2 aromatic rings. The topological polar surface area (TPSA) is 112 Å². The maximum Gasteiger partial charge on any atom is 0.266 e. The highest BCUT2D eigenvalue weighted by Crippen LogP contribution is 2.34. The molecule has 4 rings (SSSR count). The number of sulfonamides is 1. The van der Waals surface area contributed by atoms with Crippen molar-refractivity contribution in [2.45, 2.75) is 17.6 Å². The number of ether oxygens (including phenoxy) is 1. The minimum Gasteiger partial charge on any atom is -0.381 e. The first kappa shape index (κ1) is 21.2. The van der Waals surface area contributed by atoms with Gasteiger partial charge in [-0.3, -0.25) is 10.0 Å². The highest BCUT2D eigenvalue weighted by molar-refractivity contribution is 7.91. The van der Waals surface area contributed by atoms with E-state index in [1.54, 1.807) is 5.48 Å². The van der Waals surface area contributed by atoms with Crippen LogP contribution in [0.2, 0.25) is 0 Å². The Bertz CT molecular complexity index is 981. The Hall–Kier alpha value is -2.05. The molecule has 0 atom stereocenters. The smallest absolute Gasteiger partial charge is 0.266 e. The summed E-state index contributed by atoms with van der Waals surface area (Å²) in [6, 6.07) is 9.89. The van der Waals surface area contributed by atoms with Gasteiger partial charge in [0.2, 0.25) is 10.0 Å². The molecule has 2 aliphatic heterocycles. The normalized spacial score (nSPS) is 20.1. The number of hydrogen-bond acceptors (Lipinski definition) is 8. The van der Waals surface area contributed by atoms with Crippen molar-refractivity contribution in [1.29, 1.82) is 0 Å². The van der Waals surface area contributed by atoms with Crippen LogP contribution in [0.15, 0.2) is 35.7 Å². The van der Waals surface area contributed by atoms with Crippen molar-refractivity contribution in [3.63, 3.8) is 0 Å². The van der Waals surface area contributed by atoms with E-state index in [0.29, 0.717) is 13.1 Å². The summed E-state index contributed by atoms with van der Waals surface area (Å²) in [5, 5.41) is 12.0. The molecule has 2 saturated heterocycles. The van der Waals surface area contributed by atoms with Gasteiger partial charge in [-0.1, -0.05) is 30.3 Å². The number of aromatic nitrogens is 1. The highest BCUT2D eigenvalue weighted by Gasteiger charge is 2.54. The quantitative estimate of drug-likeness (QED) is 0.520. The standard InChI is InChI=1S/C19H24N4O5S2/c24-17(21-25)19(6-12-28-13-7-19)30(26,27)23-10-8-22(9-11-23)18-20-16(14-29-18)15-4-2-1-3-5-15/h1-5,14,25H,6-13H2,(H,21,24). The molecule has 3 heterocycles. The molecule has 2 fully saturated rings. The Morgan fingerprint density at radius 3 is 2.43 bits per heavy atom. The molecule has 2 N–H and O–H groups in total. The molecule has 162 valence electrons. The Kier molecular flexibility index (Phi) is 6.07. The van der Waals surface area contributed by atoms with Gasteiger partial charge in [0, 0.05) is 63.2 Å². The van der Waals surface area contributed by atoms with E-state index in [4.69, 9.17) is 14.9 Å². The number of thiazole rings is 1. The van der Waals surface area contributed by atoms with Gasteiger partial charge in [0.15, 0.2) is 9.88 Å². The van der Waals surface area contributed by atoms with Crippen LogP contribution in [0, 0.1) is 0 Å². The number of carbonyl (C=O) groups is 1. The van der Waals surface area contributed by atoms with Gasteiger partial charge in [0.05, 0.1) is 5.69 Å². The molecular formula is C19H24N4O5S2. The Balaban J connectivity index is 1.47. The van der Waals surface area contributed by atoms with Crippen LogP contribution in [-0.4, -0.2) is 73.0 Å². The van der Waals surface area contributed by atoms with Gasteiger partial charge < -0.3 is 9.64 Å². The zero-order valence-electron chi connectivity index (χ0n) is 16.4. The van der Waals surface area contributed by atoms with Crippen LogP contribution < -0.4 is 10.4 Å². The molecule has 0 unspecified atom stereocenters. The van der Waals surface area contributed by atoms with Crippen LogP contribution in [0.4, 0.5) is 5.13 Å². The zero-order valence-corrected chi connectivity index (χ0v) is 18.0. The summed E-state index contributed by atoms with van der Waals surface area (Å²) in [4.78, 5) is 19.1. The maximum absolute atomic E-state index is 13.4. The molecule has 0 saturated carbocycles. The van der Waals surface area contributed by atoms with E-state index < -0.39 is 20.7 Å². The SMILES string of the molecule is O=C(NO)C1(S(=O)(=O)N2CCN(c3nc(-c4ccccc4)cs3)CC2)CCOCC1. The summed E-state index contributed by atoms with van der Waals surface area (Å²) in [6.45, 7) is 1.79. The van der Waals surface area contributed by atoms with Gasteiger partial charge in [-0.15, -0.1) is 11.3 Å². The minimum atomic E-state index is -3.96. The van der Waals surface area contributed by atoms with E-state index >= 15 is 0 Å². The lowest BCUT2D eigenvalue weighted by Gasteiger charge is -2.41. The van der Waals surface area contributed by atoms with Gasteiger partial charge in [-0.2, -0.15) is 4.31 Å². The Labute approximate surface area is 179 Å². The molecule has 0 radical (unpaired) electrons. The predicted molar refractivity (Wildman–Crippen MR) is 113 cm³/mol. The van der Waals surface area contributed by atoms with Crippen LogP contribution in [0.3, 0.4) is 0 Å². The van der Waals surface area contributed by atoms with Crippen molar-refractivity contribution in [3.05, 3.63) is 35.7 Å². The van der Waals surface area contributed by atoms with E-state index in [1.807, 2.05) is 35.7 Å². The molecule has 9 nitrogen and oxygen atoms in total. The summed E-state index contributed by atoms with van der Waals surface area (Å²) in [5.41, 5.74) is 3.49. The second kappa shape index (κ2) is 8.60. The average Bonchev–Trinajstić information content (AvgIpc) is 3.30. The largest absolute Gasteiger partial charge is 0.381 e. The molecule has 0 spiro atoms. The molecule has 2 aliphatic rings. The van der Waals surface area contributed by atoms with Gasteiger partial charge in [0.25, 0.3) is 5.91 Å². The number of piperazine rings is 1. The number of hydroxylamine groups is 1. The van der Waals surface area contributed by atoms with Crippen LogP contribution >= 0.6 is 11.3 Å². The third-order valence-electron chi connectivity index (χ3n) is 5.72. The first-order chi connectivity index (χ1) is 14.5. The van der Waals surface area contributed by atoms with Crippen molar-refractivity contribution >= 4 is 32.4 Å². The number of nitrogens with zero attached hydrogens (tertiary/aromatic N) is 3. The average molecular weight is 453 g/mol. The van der Waals surface area contributed by atoms with Gasteiger partial charge in [-0.25, -0.2) is 18.9 Å². The van der Waals surface area contributed by atoms with Crippen molar-refractivity contribution < 1.29 is 23.2 Å². The predicted octanol–water partition coefficient (Wildman–Crippen LogP) is 1.32. The lowest BCUT2D eigenvalue weighted by molar-refractivity contribution is -0.134. The fourth-order valence-electron chi connectivity index (χ4n) is 3.92. The van der Waals surface area contributed by atoms with Crippen molar-refractivity contribution in [2.24, 2.45) is 0 Å². The monoisotopic (exact) mass is 452 g/mol. The number of rotatable bonds is 5. The summed E-state index contributed by atoms with van der Waals surface area (Å²) >= 11 is 1.53. The fourth-order valence-corrected chi connectivity index (χ4v) is 6.91. The second-order valence-corrected chi connectivity index (χ2v) is 10.4. The van der Waals surface area contributed by atoms with Crippen molar-refractivity contribution in [2.75, 3.05) is 44.3 Å². The third-order valence-corrected chi connectivity index (χ3v) is 9.25. The summed E-state index contributed by atoms with van der Waals surface area (Å²) in [5.74, 6) is -0.888. The first-order valence-electron chi connectivity index (χ1n) is 9.76. The second-order valence-electron chi connectivity index (χ2n) is 7.32. The van der Waals surface area contributed by atoms with Crippen LogP contribution in [0.1, 0.15) is 12.8 Å². The lowest BCUT2D eigenvalue weighted by Crippen LogP contribution is -2.62. The number of hydrogen-bond donors (Lipinski definition) is 2. The van der Waals surface area contributed by atoms with Crippen molar-refractivity contribution in [3.8, 4) is 11.3 Å². The first-order valence-corrected chi connectivity index (χ1v) is 12.1. The molecule has 1 aromatic heterocycles. The zero-order chi connectivity index (χ0) is 21.2. The molecule has 0 bridgehead atoms. The third kappa shape index (κ3) is 3.71. The maximum atomic E-state index is 13.4. The summed E-state index contributed by atoms with van der Waals surface area (Å²) in [6.07, 6.45) is 0.0454. The van der Waals surface area contributed by atoms with Crippen LogP contribution in [-0.2, 0) is 19.6 Å². The molecule has 1 amide bonds. The molecular weight excluding hydrogens is 428 g/mol. The van der Waals surface area contributed by atoms with E-state index in [1.165, 1.54) is 15.6 Å². The number of anilines is 1. The molecule has 1 aromatic carbocycles. The van der Waals surface area contributed by atoms with E-state index in [0.717, 1.165) is 16.4 Å². The van der Waals surface area contributed by atoms with E-state index in [-0.39, 0.29) is 39.1 Å². The fraction of sp³-hybridized carbons (Fsp3) is 0.474. The van der Waals surface area contributed by atoms with Gasteiger partial charge >= 0.3 is 0 Å². The van der Waals surface area contributed by atoms with E-state index in [9.17, 15) is 13.2 Å². The van der Waals surface area contributed by atoms with Gasteiger partial charge in [0.1, 0.15) is 0 Å². The lowest BCUT2D eigenvalue weighted by atomic mass is 9.98. The number of carbonyl (C=O) groups excluding carboxylic acids is 1. The Morgan fingerprint density at radius 2 is 1.80 bits per heavy atom. The summed E-state index contributed by atoms with van der Waals surface area (Å²) < 4.78 is 31.6. The number of nitrogens with one attached hydrogen (secondary N) is 1. The van der Waals surface area contributed by atoms with Crippen LogP contribution in [0.5, 0.6) is 0 Å².